The molecule has 0 aliphatic rings. The van der Waals surface area contributed by atoms with Crippen LogP contribution in [0.1, 0.15) is 5.56 Å². The standard InChI is InChI=1S/C12H11NO2/c1-10(8-9-11(2)13(14)15)12-6-4-3-5-7-12/h3-9H,1-2H2/b9-8-. The molecule has 0 bridgehead atoms. The Morgan fingerprint density at radius 1 is 1.20 bits per heavy atom. The molecule has 0 saturated heterocycles. The molecule has 1 aromatic carbocycles. The van der Waals surface area contributed by atoms with E-state index >= 15 is 0 Å². The molecule has 0 unspecified atom stereocenters. The van der Waals surface area contributed by atoms with E-state index in [1.165, 1.54) is 6.08 Å². The zero-order chi connectivity index (χ0) is 11.3. The third-order valence-electron chi connectivity index (χ3n) is 1.86. The maximum absolute atomic E-state index is 10.3. The van der Waals surface area contributed by atoms with Gasteiger partial charge in [-0.15, -0.1) is 0 Å². The molecule has 0 amide bonds. The van der Waals surface area contributed by atoms with Gasteiger partial charge in [-0.3, -0.25) is 10.1 Å². The van der Waals surface area contributed by atoms with Gasteiger partial charge in [0.2, 0.25) is 0 Å². The molecule has 3 heteroatoms. The molecule has 0 aliphatic carbocycles. The van der Waals surface area contributed by atoms with Crippen molar-refractivity contribution in [2.45, 2.75) is 0 Å². The van der Waals surface area contributed by atoms with Gasteiger partial charge in [0.25, 0.3) is 5.70 Å². The molecule has 0 N–H and O–H groups in total. The van der Waals surface area contributed by atoms with Gasteiger partial charge in [0.05, 0.1) is 4.92 Å². The average molecular weight is 201 g/mol. The molecule has 0 aromatic heterocycles. The van der Waals surface area contributed by atoms with Crippen LogP contribution in [0.3, 0.4) is 0 Å². The molecule has 0 fully saturated rings. The smallest absolute Gasteiger partial charge is 0.258 e. The Morgan fingerprint density at radius 3 is 2.33 bits per heavy atom. The van der Waals surface area contributed by atoms with Crippen molar-refractivity contribution in [2.24, 2.45) is 0 Å². The summed E-state index contributed by atoms with van der Waals surface area (Å²) in [5, 5.41) is 10.3. The van der Waals surface area contributed by atoms with E-state index in [1.807, 2.05) is 30.3 Å². The highest BCUT2D eigenvalue weighted by Crippen LogP contribution is 2.13. The second kappa shape index (κ2) is 4.91. The summed E-state index contributed by atoms with van der Waals surface area (Å²) in [6.45, 7) is 7.10. The summed E-state index contributed by atoms with van der Waals surface area (Å²) in [5.41, 5.74) is 1.51. The molecule has 0 aliphatic heterocycles. The first-order valence-electron chi connectivity index (χ1n) is 4.37. The molecular weight excluding hydrogens is 190 g/mol. The summed E-state index contributed by atoms with van der Waals surface area (Å²) < 4.78 is 0. The number of hydrogen-bond donors (Lipinski definition) is 0. The Balaban J connectivity index is 2.73. The van der Waals surface area contributed by atoms with E-state index < -0.39 is 4.92 Å². The van der Waals surface area contributed by atoms with E-state index in [0.29, 0.717) is 0 Å². The molecule has 3 nitrogen and oxygen atoms in total. The number of nitrogens with zero attached hydrogens (tertiary/aromatic N) is 1. The first-order valence-corrected chi connectivity index (χ1v) is 4.37. The maximum Gasteiger partial charge on any atom is 0.262 e. The fourth-order valence-electron chi connectivity index (χ4n) is 1.01. The van der Waals surface area contributed by atoms with Crippen molar-refractivity contribution in [2.75, 3.05) is 0 Å². The molecule has 0 saturated carbocycles. The quantitative estimate of drug-likeness (QED) is 0.427. The molecular formula is C12H11NO2. The Kier molecular flexibility index (Phi) is 3.57. The number of allylic oxidation sites excluding steroid dienone is 3. The molecule has 1 rings (SSSR count). The topological polar surface area (TPSA) is 43.1 Å². The minimum absolute atomic E-state index is 0.146. The van der Waals surface area contributed by atoms with Gasteiger partial charge in [-0.25, -0.2) is 0 Å². The van der Waals surface area contributed by atoms with Crippen LogP contribution < -0.4 is 0 Å². The van der Waals surface area contributed by atoms with Crippen LogP contribution in [0.15, 0.2) is 61.3 Å². The minimum atomic E-state index is -0.533. The Labute approximate surface area is 88.2 Å². The van der Waals surface area contributed by atoms with Gasteiger partial charge >= 0.3 is 0 Å². The minimum Gasteiger partial charge on any atom is -0.258 e. The van der Waals surface area contributed by atoms with Crippen LogP contribution in [0.5, 0.6) is 0 Å². The van der Waals surface area contributed by atoms with Crippen molar-refractivity contribution in [3.05, 3.63) is 77.0 Å². The molecule has 0 atom stereocenters. The zero-order valence-corrected chi connectivity index (χ0v) is 8.22. The fourth-order valence-corrected chi connectivity index (χ4v) is 1.01. The SMILES string of the molecule is C=C(/C=C\C(=C)[N+](=O)[O-])c1ccccc1. The monoisotopic (exact) mass is 201 g/mol. The Hall–Kier alpha value is -2.16. The lowest BCUT2D eigenvalue weighted by Gasteiger charge is -1.98. The number of nitro groups is 1. The fraction of sp³-hybridized carbons (Fsp3) is 0. The summed E-state index contributed by atoms with van der Waals surface area (Å²) in [4.78, 5) is 9.74. The predicted molar refractivity (Wildman–Crippen MR) is 60.8 cm³/mol. The van der Waals surface area contributed by atoms with E-state index in [9.17, 15) is 10.1 Å². The molecule has 0 radical (unpaired) electrons. The van der Waals surface area contributed by atoms with Gasteiger partial charge in [-0.05, 0) is 23.8 Å². The van der Waals surface area contributed by atoms with Crippen LogP contribution in [0.2, 0.25) is 0 Å². The van der Waals surface area contributed by atoms with Gasteiger partial charge in [0.1, 0.15) is 0 Å². The summed E-state index contributed by atoms with van der Waals surface area (Å²) in [6.07, 6.45) is 2.93. The van der Waals surface area contributed by atoms with Crippen molar-refractivity contribution in [3.63, 3.8) is 0 Å². The second-order valence-corrected chi connectivity index (χ2v) is 2.97. The first kappa shape index (κ1) is 10.9. The predicted octanol–water partition coefficient (Wildman–Crippen LogP) is 3.05. The number of hydrogen-bond acceptors (Lipinski definition) is 2. The van der Waals surface area contributed by atoms with Gasteiger partial charge in [-0.2, -0.15) is 0 Å². The largest absolute Gasteiger partial charge is 0.262 e. The van der Waals surface area contributed by atoms with Gasteiger partial charge in [-0.1, -0.05) is 36.9 Å². The molecule has 0 heterocycles. The lowest BCUT2D eigenvalue weighted by Crippen LogP contribution is -1.92. The van der Waals surface area contributed by atoms with Crippen LogP contribution in [-0.4, -0.2) is 4.92 Å². The molecule has 15 heavy (non-hydrogen) atoms. The summed E-state index contributed by atoms with van der Waals surface area (Å²) in [7, 11) is 0. The van der Waals surface area contributed by atoms with E-state index in [2.05, 4.69) is 13.2 Å². The average Bonchev–Trinajstić information content (AvgIpc) is 2.26. The third-order valence-corrected chi connectivity index (χ3v) is 1.86. The van der Waals surface area contributed by atoms with Crippen molar-refractivity contribution in [1.29, 1.82) is 0 Å². The highest BCUT2D eigenvalue weighted by molar-refractivity contribution is 5.72. The second-order valence-electron chi connectivity index (χ2n) is 2.97. The van der Waals surface area contributed by atoms with Crippen LogP contribution in [0.25, 0.3) is 5.57 Å². The van der Waals surface area contributed by atoms with Gasteiger partial charge in [0.15, 0.2) is 0 Å². The lowest BCUT2D eigenvalue weighted by molar-refractivity contribution is -0.418. The first-order chi connectivity index (χ1) is 7.11. The maximum atomic E-state index is 10.3. The molecule has 1 aromatic rings. The van der Waals surface area contributed by atoms with Crippen molar-refractivity contribution in [1.82, 2.24) is 0 Å². The van der Waals surface area contributed by atoms with Crippen molar-refractivity contribution in [3.8, 4) is 0 Å². The molecule has 76 valence electrons. The normalized spacial score (nSPS) is 10.1. The van der Waals surface area contributed by atoms with Crippen molar-refractivity contribution >= 4 is 5.57 Å². The summed E-state index contributed by atoms with van der Waals surface area (Å²) >= 11 is 0. The van der Waals surface area contributed by atoms with E-state index in [0.717, 1.165) is 11.1 Å². The van der Waals surface area contributed by atoms with Crippen LogP contribution in [0, 0.1) is 10.1 Å². The highest BCUT2D eigenvalue weighted by atomic mass is 16.6. The van der Waals surface area contributed by atoms with Crippen LogP contribution in [-0.2, 0) is 0 Å². The van der Waals surface area contributed by atoms with Gasteiger partial charge in [0, 0.05) is 6.08 Å². The van der Waals surface area contributed by atoms with E-state index in [-0.39, 0.29) is 5.70 Å². The summed E-state index contributed by atoms with van der Waals surface area (Å²) in [6, 6.07) is 9.45. The molecule has 0 spiro atoms. The summed E-state index contributed by atoms with van der Waals surface area (Å²) in [5.74, 6) is 0. The highest BCUT2D eigenvalue weighted by Gasteiger charge is 2.00. The lowest BCUT2D eigenvalue weighted by atomic mass is 10.1. The number of rotatable bonds is 4. The van der Waals surface area contributed by atoms with Gasteiger partial charge < -0.3 is 0 Å². The number of benzene rings is 1. The van der Waals surface area contributed by atoms with Crippen molar-refractivity contribution < 1.29 is 4.92 Å². The zero-order valence-electron chi connectivity index (χ0n) is 8.22. The third kappa shape index (κ3) is 3.23. The Morgan fingerprint density at radius 2 is 1.80 bits per heavy atom. The van der Waals surface area contributed by atoms with E-state index in [1.54, 1.807) is 6.08 Å². The Bertz CT molecular complexity index is 419. The van der Waals surface area contributed by atoms with E-state index in [4.69, 9.17) is 0 Å². The van der Waals surface area contributed by atoms with Crippen LogP contribution in [0.4, 0.5) is 0 Å². The van der Waals surface area contributed by atoms with Crippen LogP contribution >= 0.6 is 0 Å².